The lowest BCUT2D eigenvalue weighted by molar-refractivity contribution is -0.00515. The first-order chi connectivity index (χ1) is 9.72. The second kappa shape index (κ2) is 8.02. The molecule has 0 radical (unpaired) electrons. The molecule has 0 aliphatic carbocycles. The lowest BCUT2D eigenvalue weighted by atomic mass is 9.97. The van der Waals surface area contributed by atoms with E-state index in [1.807, 2.05) is 12.1 Å². The van der Waals surface area contributed by atoms with Gasteiger partial charge in [-0.25, -0.2) is 0 Å². The summed E-state index contributed by atoms with van der Waals surface area (Å²) in [5.41, 5.74) is 1.29. The van der Waals surface area contributed by atoms with Gasteiger partial charge < -0.3 is 10.1 Å². The number of hydrogen-bond acceptors (Lipinski definition) is 2. The predicted octanol–water partition coefficient (Wildman–Crippen LogP) is 4.73. The molecule has 0 saturated carbocycles. The number of nitrogens with one attached hydrogen (secondary N) is 1. The highest BCUT2D eigenvalue weighted by Gasteiger charge is 2.24. The molecule has 1 saturated heterocycles. The van der Waals surface area contributed by atoms with Gasteiger partial charge in [0, 0.05) is 23.7 Å². The smallest absolute Gasteiger partial charge is 0.0589 e. The SMILES string of the molecule is CCCC1CC(NC(CC)c2cccc(Cl)c2)CCO1. The predicted molar refractivity (Wildman–Crippen MR) is 85.3 cm³/mol. The molecule has 1 aliphatic heterocycles. The summed E-state index contributed by atoms with van der Waals surface area (Å²) in [6, 6.07) is 9.15. The fourth-order valence-electron chi connectivity index (χ4n) is 3.01. The third kappa shape index (κ3) is 4.47. The van der Waals surface area contributed by atoms with Gasteiger partial charge in [-0.3, -0.25) is 0 Å². The van der Waals surface area contributed by atoms with Crippen molar-refractivity contribution >= 4 is 11.6 Å². The Labute approximate surface area is 127 Å². The highest BCUT2D eigenvalue weighted by molar-refractivity contribution is 6.30. The molecule has 1 heterocycles. The van der Waals surface area contributed by atoms with Gasteiger partial charge in [0.1, 0.15) is 0 Å². The van der Waals surface area contributed by atoms with Crippen LogP contribution in [0.3, 0.4) is 0 Å². The van der Waals surface area contributed by atoms with Crippen molar-refractivity contribution in [3.8, 4) is 0 Å². The first-order valence-electron chi connectivity index (χ1n) is 7.86. The fourth-order valence-corrected chi connectivity index (χ4v) is 3.21. The maximum Gasteiger partial charge on any atom is 0.0589 e. The normalized spacial score (nSPS) is 24.6. The zero-order valence-corrected chi connectivity index (χ0v) is 13.3. The Morgan fingerprint density at radius 3 is 2.95 bits per heavy atom. The van der Waals surface area contributed by atoms with E-state index in [1.165, 1.54) is 18.4 Å². The Morgan fingerprint density at radius 1 is 1.40 bits per heavy atom. The van der Waals surface area contributed by atoms with E-state index in [2.05, 4.69) is 31.3 Å². The van der Waals surface area contributed by atoms with Gasteiger partial charge in [-0.1, -0.05) is 44.0 Å². The molecule has 3 atom stereocenters. The van der Waals surface area contributed by atoms with Crippen molar-refractivity contribution < 1.29 is 4.74 Å². The van der Waals surface area contributed by atoms with Gasteiger partial charge in [-0.2, -0.15) is 0 Å². The molecular formula is C17H26ClNO. The number of hydrogen-bond donors (Lipinski definition) is 1. The van der Waals surface area contributed by atoms with Crippen LogP contribution in [0, 0.1) is 0 Å². The summed E-state index contributed by atoms with van der Waals surface area (Å²) in [6.07, 6.45) is 6.12. The molecule has 0 aromatic heterocycles. The zero-order valence-electron chi connectivity index (χ0n) is 12.6. The topological polar surface area (TPSA) is 21.3 Å². The standard InChI is InChI=1S/C17H26ClNO/c1-3-6-16-12-15(9-10-20-16)19-17(4-2)13-7-5-8-14(18)11-13/h5,7-8,11,15-17,19H,3-4,6,9-10,12H2,1-2H3. The lowest BCUT2D eigenvalue weighted by Gasteiger charge is -2.33. The van der Waals surface area contributed by atoms with Crippen molar-refractivity contribution in [3.05, 3.63) is 34.9 Å². The molecule has 1 N–H and O–H groups in total. The molecule has 0 spiro atoms. The zero-order chi connectivity index (χ0) is 14.4. The maximum absolute atomic E-state index is 6.11. The van der Waals surface area contributed by atoms with E-state index >= 15 is 0 Å². The van der Waals surface area contributed by atoms with E-state index in [4.69, 9.17) is 16.3 Å². The molecule has 3 unspecified atom stereocenters. The van der Waals surface area contributed by atoms with E-state index in [0.717, 1.165) is 30.9 Å². The van der Waals surface area contributed by atoms with Crippen molar-refractivity contribution in [2.75, 3.05) is 6.61 Å². The summed E-state index contributed by atoms with van der Waals surface area (Å²) < 4.78 is 5.83. The minimum absolute atomic E-state index is 0.388. The Hall–Kier alpha value is -0.570. The monoisotopic (exact) mass is 295 g/mol. The molecule has 112 valence electrons. The molecular weight excluding hydrogens is 270 g/mol. The van der Waals surface area contributed by atoms with Gasteiger partial charge in [-0.15, -0.1) is 0 Å². The van der Waals surface area contributed by atoms with Crippen LogP contribution in [0.4, 0.5) is 0 Å². The number of ether oxygens (including phenoxy) is 1. The minimum Gasteiger partial charge on any atom is -0.378 e. The van der Waals surface area contributed by atoms with Crippen LogP contribution in [0.1, 0.15) is 57.6 Å². The Balaban J connectivity index is 1.95. The molecule has 1 aromatic carbocycles. The van der Waals surface area contributed by atoms with Crippen LogP contribution in [0.15, 0.2) is 24.3 Å². The summed E-state index contributed by atoms with van der Waals surface area (Å²) in [5, 5.41) is 4.62. The average Bonchev–Trinajstić information content (AvgIpc) is 2.45. The van der Waals surface area contributed by atoms with Gasteiger partial charge >= 0.3 is 0 Å². The van der Waals surface area contributed by atoms with Crippen LogP contribution >= 0.6 is 11.6 Å². The van der Waals surface area contributed by atoms with E-state index < -0.39 is 0 Å². The summed E-state index contributed by atoms with van der Waals surface area (Å²) in [4.78, 5) is 0. The van der Waals surface area contributed by atoms with E-state index in [1.54, 1.807) is 0 Å². The van der Waals surface area contributed by atoms with Gasteiger partial charge in [0.25, 0.3) is 0 Å². The van der Waals surface area contributed by atoms with E-state index in [-0.39, 0.29) is 0 Å². The number of halogens is 1. The van der Waals surface area contributed by atoms with Gasteiger partial charge in [0.05, 0.1) is 6.10 Å². The molecule has 2 rings (SSSR count). The van der Waals surface area contributed by atoms with Crippen molar-refractivity contribution in [3.63, 3.8) is 0 Å². The lowest BCUT2D eigenvalue weighted by Crippen LogP contribution is -2.40. The van der Waals surface area contributed by atoms with Gasteiger partial charge in [-0.05, 0) is 43.4 Å². The van der Waals surface area contributed by atoms with E-state index in [9.17, 15) is 0 Å². The molecule has 20 heavy (non-hydrogen) atoms. The Morgan fingerprint density at radius 2 is 2.25 bits per heavy atom. The minimum atomic E-state index is 0.388. The van der Waals surface area contributed by atoms with Gasteiger partial charge in [0.2, 0.25) is 0 Å². The highest BCUT2D eigenvalue weighted by atomic mass is 35.5. The van der Waals surface area contributed by atoms with Gasteiger partial charge in [0.15, 0.2) is 0 Å². The molecule has 1 aromatic rings. The first-order valence-corrected chi connectivity index (χ1v) is 8.23. The van der Waals surface area contributed by atoms with Crippen LogP contribution in [0.2, 0.25) is 5.02 Å². The van der Waals surface area contributed by atoms with Crippen molar-refractivity contribution in [1.29, 1.82) is 0 Å². The van der Waals surface area contributed by atoms with Crippen molar-refractivity contribution in [2.24, 2.45) is 0 Å². The largest absolute Gasteiger partial charge is 0.378 e. The maximum atomic E-state index is 6.11. The summed E-state index contributed by atoms with van der Waals surface area (Å²) in [6.45, 7) is 5.33. The molecule has 0 amide bonds. The highest BCUT2D eigenvalue weighted by Crippen LogP contribution is 2.24. The number of benzene rings is 1. The van der Waals surface area contributed by atoms with E-state index in [0.29, 0.717) is 18.2 Å². The number of rotatable bonds is 6. The third-order valence-corrected chi connectivity index (χ3v) is 4.31. The summed E-state index contributed by atoms with van der Waals surface area (Å²) >= 11 is 6.11. The first kappa shape index (κ1) is 15.8. The molecule has 1 aliphatic rings. The molecule has 3 heteroatoms. The second-order valence-corrected chi connectivity index (χ2v) is 6.12. The van der Waals surface area contributed by atoms with Crippen molar-refractivity contribution in [1.82, 2.24) is 5.32 Å². The Kier molecular flexibility index (Phi) is 6.34. The van der Waals surface area contributed by atoms with Crippen LogP contribution in [-0.4, -0.2) is 18.8 Å². The second-order valence-electron chi connectivity index (χ2n) is 5.69. The average molecular weight is 296 g/mol. The van der Waals surface area contributed by atoms with Crippen LogP contribution < -0.4 is 5.32 Å². The van der Waals surface area contributed by atoms with Crippen LogP contribution in [0.5, 0.6) is 0 Å². The quantitative estimate of drug-likeness (QED) is 0.819. The summed E-state index contributed by atoms with van der Waals surface area (Å²) in [5.74, 6) is 0. The molecule has 2 nitrogen and oxygen atoms in total. The van der Waals surface area contributed by atoms with Crippen LogP contribution in [-0.2, 0) is 4.74 Å². The van der Waals surface area contributed by atoms with Crippen molar-refractivity contribution in [2.45, 2.75) is 64.1 Å². The third-order valence-electron chi connectivity index (χ3n) is 4.07. The Bertz CT molecular complexity index is 408. The molecule has 0 bridgehead atoms. The fraction of sp³-hybridized carbons (Fsp3) is 0.647. The molecule has 1 fully saturated rings. The summed E-state index contributed by atoms with van der Waals surface area (Å²) in [7, 11) is 0. The van der Waals surface area contributed by atoms with Crippen LogP contribution in [0.25, 0.3) is 0 Å².